The number of hydrogen-bond donors (Lipinski definition) is 0. The number of imidazole rings is 1. The topological polar surface area (TPSA) is 54.3 Å². The van der Waals surface area contributed by atoms with Crippen LogP contribution in [0, 0.1) is 18.8 Å². The van der Waals surface area contributed by atoms with Crippen LogP contribution in [0.1, 0.15) is 16.5 Å². The summed E-state index contributed by atoms with van der Waals surface area (Å²) in [5.41, 5.74) is 1.02. The molecule has 0 radical (unpaired) electrons. The van der Waals surface area contributed by atoms with Gasteiger partial charge in [0.05, 0.1) is 29.7 Å². The van der Waals surface area contributed by atoms with Crippen LogP contribution in [0.5, 0.6) is 0 Å². The minimum atomic E-state index is 0.148. The van der Waals surface area contributed by atoms with E-state index in [1.165, 1.54) is 0 Å². The number of rotatable bonds is 4. The normalized spacial score (nSPS) is 24.6. The van der Waals surface area contributed by atoms with E-state index in [0.29, 0.717) is 18.4 Å². The van der Waals surface area contributed by atoms with Crippen LogP contribution in [-0.4, -0.2) is 49.9 Å². The van der Waals surface area contributed by atoms with Gasteiger partial charge in [-0.1, -0.05) is 0 Å². The maximum absolute atomic E-state index is 12.7. The molecule has 2 aliphatic heterocycles. The first-order valence-corrected chi connectivity index (χ1v) is 8.86. The molecule has 2 aliphatic rings. The van der Waals surface area contributed by atoms with Crippen LogP contribution in [0.25, 0.3) is 0 Å². The van der Waals surface area contributed by atoms with Crippen molar-refractivity contribution in [3.05, 3.63) is 34.3 Å². The van der Waals surface area contributed by atoms with Crippen molar-refractivity contribution in [2.45, 2.75) is 20.0 Å². The van der Waals surface area contributed by atoms with E-state index in [2.05, 4.69) is 20.2 Å². The molecule has 4 heterocycles. The van der Waals surface area contributed by atoms with Crippen molar-refractivity contribution < 1.29 is 4.79 Å². The van der Waals surface area contributed by atoms with Gasteiger partial charge in [0, 0.05) is 50.4 Å². The van der Waals surface area contributed by atoms with Crippen LogP contribution in [0.3, 0.4) is 0 Å². The molecule has 6 nitrogen and oxygen atoms in total. The summed E-state index contributed by atoms with van der Waals surface area (Å²) in [6, 6.07) is 0. The minimum absolute atomic E-state index is 0.148. The molecule has 0 spiro atoms. The maximum atomic E-state index is 12.7. The molecule has 2 fully saturated rings. The Balaban J connectivity index is 1.38. The Kier molecular flexibility index (Phi) is 3.69. The fourth-order valence-electron chi connectivity index (χ4n) is 3.73. The summed E-state index contributed by atoms with van der Waals surface area (Å²) >= 11 is 1.65. The van der Waals surface area contributed by atoms with E-state index in [0.717, 1.165) is 42.7 Å². The predicted molar refractivity (Wildman–Crippen MR) is 87.7 cm³/mol. The number of nitrogens with zero attached hydrogens (tertiary/aromatic N) is 5. The molecule has 2 aromatic heterocycles. The standard InChI is InChI=1S/C16H21N5OS/c1-11-18-13(10-23-11)7-21-6-12-5-20(8-14(12)16(21)22)9-15-17-3-4-19(15)2/h3-4,10,12,14H,5-9H2,1-2H3/t12-,14+/m0/s1. The van der Waals surface area contributed by atoms with Crippen molar-refractivity contribution in [3.63, 3.8) is 0 Å². The fraction of sp³-hybridized carbons (Fsp3) is 0.562. The molecule has 0 saturated carbocycles. The molecule has 122 valence electrons. The molecule has 2 atom stereocenters. The van der Waals surface area contributed by atoms with E-state index in [-0.39, 0.29) is 5.92 Å². The monoisotopic (exact) mass is 331 g/mol. The summed E-state index contributed by atoms with van der Waals surface area (Å²) in [6.45, 7) is 6.19. The molecular weight excluding hydrogens is 310 g/mol. The van der Waals surface area contributed by atoms with Crippen molar-refractivity contribution in [2.75, 3.05) is 19.6 Å². The number of amides is 1. The van der Waals surface area contributed by atoms with Gasteiger partial charge < -0.3 is 9.47 Å². The second kappa shape index (κ2) is 5.72. The highest BCUT2D eigenvalue weighted by atomic mass is 32.1. The van der Waals surface area contributed by atoms with E-state index in [4.69, 9.17) is 0 Å². The van der Waals surface area contributed by atoms with Gasteiger partial charge in [-0.3, -0.25) is 9.69 Å². The first-order chi connectivity index (χ1) is 11.1. The number of aromatic nitrogens is 3. The third-order valence-electron chi connectivity index (χ3n) is 4.91. The predicted octanol–water partition coefficient (Wildman–Crippen LogP) is 1.28. The second-order valence-electron chi connectivity index (χ2n) is 6.59. The zero-order chi connectivity index (χ0) is 16.0. The Labute approximate surface area is 139 Å². The highest BCUT2D eigenvalue weighted by Gasteiger charge is 2.46. The lowest BCUT2D eigenvalue weighted by Gasteiger charge is -2.20. The van der Waals surface area contributed by atoms with Crippen molar-refractivity contribution in [3.8, 4) is 0 Å². The van der Waals surface area contributed by atoms with Crippen LogP contribution in [0.2, 0.25) is 0 Å². The van der Waals surface area contributed by atoms with Crippen LogP contribution >= 0.6 is 11.3 Å². The number of thiazole rings is 1. The number of aryl methyl sites for hydroxylation is 2. The minimum Gasteiger partial charge on any atom is -0.337 e. The van der Waals surface area contributed by atoms with Gasteiger partial charge in [0.1, 0.15) is 5.82 Å². The third-order valence-corrected chi connectivity index (χ3v) is 5.73. The zero-order valence-corrected chi connectivity index (χ0v) is 14.3. The van der Waals surface area contributed by atoms with Crippen molar-refractivity contribution in [1.82, 2.24) is 24.3 Å². The lowest BCUT2D eigenvalue weighted by Crippen LogP contribution is -2.32. The van der Waals surface area contributed by atoms with Gasteiger partial charge in [-0.15, -0.1) is 11.3 Å². The highest BCUT2D eigenvalue weighted by molar-refractivity contribution is 7.09. The quantitative estimate of drug-likeness (QED) is 0.847. The third kappa shape index (κ3) is 2.79. The van der Waals surface area contributed by atoms with Crippen LogP contribution in [-0.2, 0) is 24.9 Å². The zero-order valence-electron chi connectivity index (χ0n) is 13.5. The number of fused-ring (bicyclic) bond motifs is 1. The number of likely N-dealkylation sites (tertiary alicyclic amines) is 2. The second-order valence-corrected chi connectivity index (χ2v) is 7.65. The first-order valence-electron chi connectivity index (χ1n) is 7.98. The molecule has 0 unspecified atom stereocenters. The van der Waals surface area contributed by atoms with Crippen LogP contribution in [0.15, 0.2) is 17.8 Å². The molecule has 0 N–H and O–H groups in total. The maximum Gasteiger partial charge on any atom is 0.227 e. The average molecular weight is 331 g/mol. The van der Waals surface area contributed by atoms with E-state index in [1.54, 1.807) is 11.3 Å². The molecule has 0 bridgehead atoms. The number of carbonyl (C=O) groups excluding carboxylic acids is 1. The van der Waals surface area contributed by atoms with Gasteiger partial charge in [0.25, 0.3) is 0 Å². The van der Waals surface area contributed by atoms with Crippen LogP contribution in [0.4, 0.5) is 0 Å². The Morgan fingerprint density at radius 3 is 2.83 bits per heavy atom. The summed E-state index contributed by atoms with van der Waals surface area (Å²) in [7, 11) is 2.02. The SMILES string of the molecule is Cc1nc(CN2C[C@@H]3CN(Cc4nccn4C)C[C@H]3C2=O)cs1. The van der Waals surface area contributed by atoms with E-state index >= 15 is 0 Å². The fourth-order valence-corrected chi connectivity index (χ4v) is 4.33. The van der Waals surface area contributed by atoms with Gasteiger partial charge in [-0.25, -0.2) is 9.97 Å². The molecule has 0 aliphatic carbocycles. The average Bonchev–Trinajstić information content (AvgIpc) is 3.24. The van der Waals surface area contributed by atoms with Crippen molar-refractivity contribution in [1.29, 1.82) is 0 Å². The van der Waals surface area contributed by atoms with Crippen molar-refractivity contribution in [2.24, 2.45) is 18.9 Å². The molecular formula is C16H21N5OS. The van der Waals surface area contributed by atoms with Gasteiger partial charge in [-0.2, -0.15) is 0 Å². The Hall–Kier alpha value is -1.73. The Bertz CT molecular complexity index is 724. The molecule has 0 aromatic carbocycles. The molecule has 7 heteroatoms. The molecule has 4 rings (SSSR count). The lowest BCUT2D eigenvalue weighted by molar-refractivity contribution is -0.131. The summed E-state index contributed by atoms with van der Waals surface area (Å²) in [4.78, 5) is 25.9. The summed E-state index contributed by atoms with van der Waals surface area (Å²) < 4.78 is 2.05. The molecule has 2 saturated heterocycles. The Morgan fingerprint density at radius 1 is 1.30 bits per heavy atom. The molecule has 23 heavy (non-hydrogen) atoms. The molecule has 2 aromatic rings. The first kappa shape index (κ1) is 14.8. The summed E-state index contributed by atoms with van der Waals surface area (Å²) in [5, 5.41) is 3.12. The number of hydrogen-bond acceptors (Lipinski definition) is 5. The molecule has 1 amide bonds. The summed E-state index contributed by atoms with van der Waals surface area (Å²) in [6.07, 6.45) is 3.80. The van der Waals surface area contributed by atoms with E-state index in [1.807, 2.05) is 35.8 Å². The van der Waals surface area contributed by atoms with Crippen molar-refractivity contribution >= 4 is 17.2 Å². The highest BCUT2D eigenvalue weighted by Crippen LogP contribution is 2.33. The lowest BCUT2D eigenvalue weighted by atomic mass is 10.0. The Morgan fingerprint density at radius 2 is 2.17 bits per heavy atom. The van der Waals surface area contributed by atoms with Gasteiger partial charge >= 0.3 is 0 Å². The smallest absolute Gasteiger partial charge is 0.227 e. The number of carbonyl (C=O) groups is 1. The van der Waals surface area contributed by atoms with E-state index < -0.39 is 0 Å². The van der Waals surface area contributed by atoms with Gasteiger partial charge in [-0.05, 0) is 6.92 Å². The largest absolute Gasteiger partial charge is 0.337 e. The summed E-state index contributed by atoms with van der Waals surface area (Å²) in [5.74, 6) is 1.95. The van der Waals surface area contributed by atoms with Crippen LogP contribution < -0.4 is 0 Å². The van der Waals surface area contributed by atoms with Gasteiger partial charge in [0.15, 0.2) is 0 Å². The van der Waals surface area contributed by atoms with E-state index in [9.17, 15) is 4.79 Å². The van der Waals surface area contributed by atoms with Gasteiger partial charge in [0.2, 0.25) is 5.91 Å².